The predicted octanol–water partition coefficient (Wildman–Crippen LogP) is 1.14. The third kappa shape index (κ3) is 2.53. The largest absolute Gasteiger partial charge is 0.422 e. The van der Waals surface area contributed by atoms with E-state index in [1.54, 1.807) is 35.6 Å². The highest BCUT2D eigenvalue weighted by Gasteiger charge is 2.08. The Morgan fingerprint density at radius 1 is 1.20 bits per heavy atom. The molecule has 0 radical (unpaired) electrons. The number of hydrogen-bond acceptors (Lipinski definition) is 7. The Labute approximate surface area is 114 Å². The molecule has 100 valence electrons. The van der Waals surface area contributed by atoms with Crippen molar-refractivity contribution in [3.05, 3.63) is 42.7 Å². The third-order valence-electron chi connectivity index (χ3n) is 2.45. The molecule has 8 nitrogen and oxygen atoms in total. The first-order valence-corrected chi connectivity index (χ1v) is 5.81. The van der Waals surface area contributed by atoms with E-state index >= 15 is 0 Å². The summed E-state index contributed by atoms with van der Waals surface area (Å²) in [6.07, 6.45) is 6.47. The van der Waals surface area contributed by atoms with Gasteiger partial charge in [-0.25, -0.2) is 4.98 Å². The molecule has 0 saturated carbocycles. The van der Waals surface area contributed by atoms with Crippen LogP contribution in [0.15, 0.2) is 37.1 Å². The second kappa shape index (κ2) is 4.92. The Morgan fingerprint density at radius 3 is 2.80 bits per heavy atom. The smallest absolute Gasteiger partial charge is 0.328 e. The van der Waals surface area contributed by atoms with Gasteiger partial charge in [0.1, 0.15) is 12.1 Å². The minimum absolute atomic E-state index is 0.0683. The van der Waals surface area contributed by atoms with E-state index in [0.717, 1.165) is 5.69 Å². The van der Waals surface area contributed by atoms with Crippen LogP contribution in [-0.4, -0.2) is 29.5 Å². The fraction of sp³-hybridized carbons (Fsp3) is 0.0833. The highest BCUT2D eigenvalue weighted by Crippen LogP contribution is 2.18. The highest BCUT2D eigenvalue weighted by molar-refractivity contribution is 5.28. The van der Waals surface area contributed by atoms with Gasteiger partial charge < -0.3 is 10.5 Å². The molecule has 0 aliphatic carbocycles. The summed E-state index contributed by atoms with van der Waals surface area (Å²) in [6, 6.07) is 3.71. The van der Waals surface area contributed by atoms with Crippen LogP contribution in [0.1, 0.15) is 5.69 Å². The van der Waals surface area contributed by atoms with Gasteiger partial charge in [-0.05, 0) is 19.1 Å². The van der Waals surface area contributed by atoms with Gasteiger partial charge in [0, 0.05) is 18.1 Å². The monoisotopic (exact) mass is 269 g/mol. The molecule has 3 aromatic heterocycles. The zero-order valence-electron chi connectivity index (χ0n) is 10.6. The number of anilines is 1. The molecule has 0 aromatic carbocycles. The number of aryl methyl sites for hydroxylation is 1. The van der Waals surface area contributed by atoms with Gasteiger partial charge in [-0.2, -0.15) is 15.0 Å². The lowest BCUT2D eigenvalue weighted by Gasteiger charge is -2.06. The van der Waals surface area contributed by atoms with Crippen LogP contribution in [-0.2, 0) is 0 Å². The van der Waals surface area contributed by atoms with Gasteiger partial charge in [0.25, 0.3) is 0 Å². The van der Waals surface area contributed by atoms with E-state index in [2.05, 4.69) is 24.9 Å². The van der Waals surface area contributed by atoms with Gasteiger partial charge >= 0.3 is 6.01 Å². The van der Waals surface area contributed by atoms with Crippen molar-refractivity contribution in [3.8, 4) is 17.7 Å². The number of nitrogens with two attached hydrogens (primary N) is 1. The van der Waals surface area contributed by atoms with E-state index < -0.39 is 0 Å². The second-order valence-electron chi connectivity index (χ2n) is 3.98. The maximum atomic E-state index is 5.65. The molecule has 3 rings (SSSR count). The van der Waals surface area contributed by atoms with E-state index in [0.29, 0.717) is 11.7 Å². The summed E-state index contributed by atoms with van der Waals surface area (Å²) in [5, 5.41) is 0. The lowest BCUT2D eigenvalue weighted by molar-refractivity contribution is 0.437. The first-order valence-electron chi connectivity index (χ1n) is 5.81. The van der Waals surface area contributed by atoms with Gasteiger partial charge in [0.15, 0.2) is 0 Å². The molecule has 3 heterocycles. The Bertz CT molecular complexity index is 709. The predicted molar refractivity (Wildman–Crippen MR) is 70.4 cm³/mol. The van der Waals surface area contributed by atoms with E-state index in [9.17, 15) is 0 Å². The number of ether oxygens (including phenoxy) is 1. The average Bonchev–Trinajstić information content (AvgIpc) is 2.95. The van der Waals surface area contributed by atoms with Crippen LogP contribution in [0.3, 0.4) is 0 Å². The summed E-state index contributed by atoms with van der Waals surface area (Å²) in [7, 11) is 0. The van der Waals surface area contributed by atoms with Crippen LogP contribution >= 0.6 is 0 Å². The standard InChI is InChI=1S/C12H11N7O/c1-8-2-3-9(6-15-8)20-12-17-10(13)16-11(18-12)19-5-4-14-7-19/h2-7H,1H3,(H2,13,16,17,18). The number of hydrogen-bond donors (Lipinski definition) is 1. The lowest BCUT2D eigenvalue weighted by atomic mass is 10.4. The van der Waals surface area contributed by atoms with Crippen LogP contribution in [0.2, 0.25) is 0 Å². The van der Waals surface area contributed by atoms with Crippen molar-refractivity contribution in [2.45, 2.75) is 6.92 Å². The zero-order chi connectivity index (χ0) is 13.9. The molecule has 0 saturated heterocycles. The van der Waals surface area contributed by atoms with E-state index in [-0.39, 0.29) is 12.0 Å². The summed E-state index contributed by atoms with van der Waals surface area (Å²) >= 11 is 0. The fourth-order valence-corrected chi connectivity index (χ4v) is 1.52. The molecule has 0 unspecified atom stereocenters. The van der Waals surface area contributed by atoms with Crippen LogP contribution in [0.4, 0.5) is 5.95 Å². The average molecular weight is 269 g/mol. The summed E-state index contributed by atoms with van der Waals surface area (Å²) in [5.74, 6) is 0.932. The second-order valence-corrected chi connectivity index (χ2v) is 3.98. The van der Waals surface area contributed by atoms with Gasteiger partial charge in [0.2, 0.25) is 11.9 Å². The topological polar surface area (TPSA) is 105 Å². The van der Waals surface area contributed by atoms with Crippen LogP contribution in [0.5, 0.6) is 11.8 Å². The molecule has 0 spiro atoms. The number of nitrogen functional groups attached to an aromatic ring is 1. The molecule has 2 N–H and O–H groups in total. The molecule has 0 fully saturated rings. The van der Waals surface area contributed by atoms with Crippen LogP contribution < -0.4 is 10.5 Å². The summed E-state index contributed by atoms with van der Waals surface area (Å²) in [5.41, 5.74) is 6.55. The summed E-state index contributed by atoms with van der Waals surface area (Å²) in [4.78, 5) is 20.2. The number of imidazole rings is 1. The van der Waals surface area contributed by atoms with Crippen molar-refractivity contribution in [1.82, 2.24) is 29.5 Å². The Kier molecular flexibility index (Phi) is 2.96. The zero-order valence-corrected chi connectivity index (χ0v) is 10.6. The molecule has 0 amide bonds. The number of rotatable bonds is 3. The van der Waals surface area contributed by atoms with E-state index in [1.807, 2.05) is 13.0 Å². The van der Waals surface area contributed by atoms with Gasteiger partial charge in [-0.1, -0.05) is 0 Å². The normalized spacial score (nSPS) is 10.4. The van der Waals surface area contributed by atoms with Crippen molar-refractivity contribution < 1.29 is 4.74 Å². The molecule has 20 heavy (non-hydrogen) atoms. The van der Waals surface area contributed by atoms with Crippen molar-refractivity contribution in [2.75, 3.05) is 5.73 Å². The van der Waals surface area contributed by atoms with Crippen molar-refractivity contribution >= 4 is 5.95 Å². The van der Waals surface area contributed by atoms with E-state index in [1.165, 1.54) is 0 Å². The number of aromatic nitrogens is 6. The number of nitrogens with zero attached hydrogens (tertiary/aromatic N) is 6. The lowest BCUT2D eigenvalue weighted by Crippen LogP contribution is -2.06. The van der Waals surface area contributed by atoms with Crippen molar-refractivity contribution in [1.29, 1.82) is 0 Å². The van der Waals surface area contributed by atoms with Gasteiger partial charge in [-0.15, -0.1) is 0 Å². The summed E-state index contributed by atoms with van der Waals surface area (Å²) < 4.78 is 7.12. The Balaban J connectivity index is 1.92. The number of pyridine rings is 1. The highest BCUT2D eigenvalue weighted by atomic mass is 16.5. The Morgan fingerprint density at radius 2 is 2.10 bits per heavy atom. The summed E-state index contributed by atoms with van der Waals surface area (Å²) in [6.45, 7) is 1.89. The van der Waals surface area contributed by atoms with Crippen molar-refractivity contribution in [3.63, 3.8) is 0 Å². The maximum absolute atomic E-state index is 5.65. The van der Waals surface area contributed by atoms with E-state index in [4.69, 9.17) is 10.5 Å². The quantitative estimate of drug-likeness (QED) is 0.759. The maximum Gasteiger partial charge on any atom is 0.328 e. The molecule has 3 aromatic rings. The molecule has 0 aliphatic rings. The first kappa shape index (κ1) is 12.0. The van der Waals surface area contributed by atoms with Crippen LogP contribution in [0, 0.1) is 6.92 Å². The minimum Gasteiger partial charge on any atom is -0.422 e. The van der Waals surface area contributed by atoms with Gasteiger partial charge in [0.05, 0.1) is 6.20 Å². The molecule has 0 atom stereocenters. The van der Waals surface area contributed by atoms with Crippen LogP contribution in [0.25, 0.3) is 5.95 Å². The molecule has 0 bridgehead atoms. The third-order valence-corrected chi connectivity index (χ3v) is 2.45. The fourth-order valence-electron chi connectivity index (χ4n) is 1.52. The molecule has 0 aliphatic heterocycles. The molecular formula is C12H11N7O. The first-order chi connectivity index (χ1) is 9.70. The van der Waals surface area contributed by atoms with Crippen molar-refractivity contribution in [2.24, 2.45) is 0 Å². The Hall–Kier alpha value is -3.03. The molecule has 8 heteroatoms. The molecular weight excluding hydrogens is 258 g/mol. The minimum atomic E-state index is 0.0683. The van der Waals surface area contributed by atoms with Gasteiger partial charge in [-0.3, -0.25) is 9.55 Å². The SMILES string of the molecule is Cc1ccc(Oc2nc(N)nc(-n3ccnc3)n2)cn1.